The fourth-order valence-electron chi connectivity index (χ4n) is 2.22. The van der Waals surface area contributed by atoms with Crippen LogP contribution in [0.1, 0.15) is 36.0 Å². The first-order chi connectivity index (χ1) is 11.1. The molecule has 0 saturated carbocycles. The molecular weight excluding hydrogens is 350 g/mol. The Bertz CT molecular complexity index is 792. The highest BCUT2D eigenvalue weighted by molar-refractivity contribution is 7.17. The van der Waals surface area contributed by atoms with Crippen molar-refractivity contribution in [3.63, 3.8) is 0 Å². The summed E-state index contributed by atoms with van der Waals surface area (Å²) in [5, 5.41) is 12.9. The number of hydrogen-bond acceptors (Lipinski definition) is 4. The van der Waals surface area contributed by atoms with E-state index in [9.17, 15) is 14.7 Å². The highest BCUT2D eigenvalue weighted by Crippen LogP contribution is 2.40. The van der Waals surface area contributed by atoms with Crippen LogP contribution in [0.4, 0.5) is 9.80 Å². The van der Waals surface area contributed by atoms with E-state index in [0.717, 1.165) is 4.88 Å². The number of amides is 1. The summed E-state index contributed by atoms with van der Waals surface area (Å²) in [7, 11) is 0. The molecule has 1 amide bonds. The average molecular weight is 368 g/mol. The van der Waals surface area contributed by atoms with Gasteiger partial charge in [-0.3, -0.25) is 5.32 Å². The summed E-state index contributed by atoms with van der Waals surface area (Å²) < 4.78 is 5.19. The molecule has 0 fully saturated rings. The van der Waals surface area contributed by atoms with Crippen molar-refractivity contribution in [2.45, 2.75) is 33.3 Å². The predicted molar refractivity (Wildman–Crippen MR) is 96.3 cm³/mol. The number of benzene rings is 1. The third-order valence-electron chi connectivity index (χ3n) is 3.03. The molecule has 1 aromatic carbocycles. The van der Waals surface area contributed by atoms with Crippen LogP contribution in [0.15, 0.2) is 24.3 Å². The smallest absolute Gasteiger partial charge is 0.412 e. The van der Waals surface area contributed by atoms with E-state index in [1.807, 2.05) is 0 Å². The Kier molecular flexibility index (Phi) is 5.20. The third-order valence-corrected chi connectivity index (χ3v) is 4.28. The number of carbonyl (C=O) groups is 2. The van der Waals surface area contributed by atoms with Crippen molar-refractivity contribution in [1.29, 1.82) is 0 Å². The fourth-order valence-corrected chi connectivity index (χ4v) is 3.47. The minimum Gasteiger partial charge on any atom is -0.478 e. The van der Waals surface area contributed by atoms with E-state index in [1.54, 1.807) is 52.0 Å². The zero-order chi connectivity index (χ0) is 18.1. The van der Waals surface area contributed by atoms with Crippen LogP contribution in [0.5, 0.6) is 0 Å². The molecule has 2 aromatic rings. The molecule has 0 spiro atoms. The molecule has 0 atom stereocenters. The van der Waals surface area contributed by atoms with Gasteiger partial charge in [-0.15, -0.1) is 11.3 Å². The molecule has 0 aliphatic rings. The Balaban J connectivity index is 2.46. The number of aromatic carboxylic acids is 1. The zero-order valence-electron chi connectivity index (χ0n) is 13.8. The molecule has 0 unspecified atom stereocenters. The Morgan fingerprint density at radius 3 is 2.50 bits per heavy atom. The van der Waals surface area contributed by atoms with E-state index in [2.05, 4.69) is 5.32 Å². The van der Waals surface area contributed by atoms with Crippen molar-refractivity contribution in [2.75, 3.05) is 5.32 Å². The number of hydrogen-bond donors (Lipinski definition) is 2. The van der Waals surface area contributed by atoms with Gasteiger partial charge in [0.25, 0.3) is 0 Å². The van der Waals surface area contributed by atoms with Crippen molar-refractivity contribution in [3.05, 3.63) is 39.7 Å². The van der Waals surface area contributed by atoms with E-state index in [0.29, 0.717) is 16.1 Å². The fraction of sp³-hybridized carbons (Fsp3) is 0.294. The quantitative estimate of drug-likeness (QED) is 0.759. The maximum absolute atomic E-state index is 12.0. The second-order valence-corrected chi connectivity index (χ2v) is 7.84. The van der Waals surface area contributed by atoms with Crippen molar-refractivity contribution >= 4 is 40.0 Å². The molecule has 1 aromatic heterocycles. The lowest BCUT2D eigenvalue weighted by atomic mass is 10.0. The van der Waals surface area contributed by atoms with Crippen molar-refractivity contribution in [2.24, 2.45) is 0 Å². The van der Waals surface area contributed by atoms with Crippen molar-refractivity contribution in [1.82, 2.24) is 0 Å². The van der Waals surface area contributed by atoms with Gasteiger partial charge in [-0.25, -0.2) is 9.59 Å². The van der Waals surface area contributed by atoms with Gasteiger partial charge in [0.1, 0.15) is 16.2 Å². The average Bonchev–Trinajstić information content (AvgIpc) is 2.72. The summed E-state index contributed by atoms with van der Waals surface area (Å²) in [5.74, 6) is -1.12. The van der Waals surface area contributed by atoms with Gasteiger partial charge in [0.2, 0.25) is 0 Å². The largest absolute Gasteiger partial charge is 0.478 e. The summed E-state index contributed by atoms with van der Waals surface area (Å²) in [6, 6.07) is 6.94. The predicted octanol–water partition coefficient (Wildman–Crippen LogP) is 5.42. The van der Waals surface area contributed by atoms with Crippen molar-refractivity contribution in [3.8, 4) is 11.1 Å². The van der Waals surface area contributed by atoms with Crippen LogP contribution in [0.3, 0.4) is 0 Å². The van der Waals surface area contributed by atoms with Gasteiger partial charge in [0.15, 0.2) is 0 Å². The summed E-state index contributed by atoms with van der Waals surface area (Å²) in [6.45, 7) is 7.01. The summed E-state index contributed by atoms with van der Waals surface area (Å²) >= 11 is 7.20. The standard InChI is InChI=1S/C17H18ClNO4S/c1-9-12(10-6-5-7-11(18)8-10)13(15(20)21)14(24-9)19-16(22)23-17(2,3)4/h5-8H,1-4H3,(H,19,22)(H,20,21). The summed E-state index contributed by atoms with van der Waals surface area (Å²) in [5.41, 5.74) is 0.591. The van der Waals surface area contributed by atoms with Gasteiger partial charge in [-0.05, 0) is 45.4 Å². The number of carboxylic acids is 1. The van der Waals surface area contributed by atoms with Crippen LogP contribution in [0.25, 0.3) is 11.1 Å². The minimum atomic E-state index is -1.12. The first kappa shape index (κ1) is 18.3. The third kappa shape index (κ3) is 4.27. The number of anilines is 1. The molecule has 5 nitrogen and oxygen atoms in total. The van der Waals surface area contributed by atoms with Crippen LogP contribution in [-0.2, 0) is 4.74 Å². The molecule has 0 bridgehead atoms. The van der Waals surface area contributed by atoms with E-state index in [-0.39, 0.29) is 10.6 Å². The van der Waals surface area contributed by atoms with Crippen LogP contribution in [0, 0.1) is 6.92 Å². The van der Waals surface area contributed by atoms with Gasteiger partial charge in [0.05, 0.1) is 0 Å². The van der Waals surface area contributed by atoms with Gasteiger partial charge in [0, 0.05) is 15.5 Å². The molecule has 7 heteroatoms. The number of rotatable bonds is 3. The summed E-state index contributed by atoms with van der Waals surface area (Å²) in [6.07, 6.45) is -0.691. The molecule has 0 aliphatic carbocycles. The molecule has 0 aliphatic heterocycles. The Morgan fingerprint density at radius 1 is 1.29 bits per heavy atom. The molecule has 1 heterocycles. The summed E-state index contributed by atoms with van der Waals surface area (Å²) in [4.78, 5) is 24.5. The monoisotopic (exact) mass is 367 g/mol. The lowest BCUT2D eigenvalue weighted by molar-refractivity contribution is 0.0636. The Labute approximate surface area is 149 Å². The normalized spacial score (nSPS) is 11.2. The topological polar surface area (TPSA) is 75.6 Å². The molecule has 2 N–H and O–H groups in total. The van der Waals surface area contributed by atoms with E-state index >= 15 is 0 Å². The number of carbonyl (C=O) groups excluding carboxylic acids is 1. The van der Waals surface area contributed by atoms with Crippen LogP contribution in [-0.4, -0.2) is 22.8 Å². The van der Waals surface area contributed by atoms with Gasteiger partial charge >= 0.3 is 12.1 Å². The molecule has 24 heavy (non-hydrogen) atoms. The zero-order valence-corrected chi connectivity index (χ0v) is 15.3. The molecule has 2 rings (SSSR count). The van der Waals surface area contributed by atoms with Gasteiger partial charge in [-0.1, -0.05) is 23.7 Å². The molecule has 0 saturated heterocycles. The number of ether oxygens (including phenoxy) is 1. The Hall–Kier alpha value is -2.05. The first-order valence-electron chi connectivity index (χ1n) is 7.21. The molecular formula is C17H18ClNO4S. The number of nitrogens with one attached hydrogen (secondary N) is 1. The van der Waals surface area contributed by atoms with Crippen LogP contribution >= 0.6 is 22.9 Å². The van der Waals surface area contributed by atoms with Gasteiger partial charge < -0.3 is 9.84 Å². The van der Waals surface area contributed by atoms with Crippen LogP contribution < -0.4 is 5.32 Å². The number of halogens is 1. The van der Waals surface area contributed by atoms with E-state index in [1.165, 1.54) is 11.3 Å². The highest BCUT2D eigenvalue weighted by Gasteiger charge is 2.25. The molecule has 0 radical (unpaired) electrons. The number of carboxylic acid groups (broad SMARTS) is 1. The Morgan fingerprint density at radius 2 is 1.96 bits per heavy atom. The van der Waals surface area contributed by atoms with Gasteiger partial charge in [-0.2, -0.15) is 0 Å². The number of thiophene rings is 1. The second kappa shape index (κ2) is 6.83. The SMILES string of the molecule is Cc1sc(NC(=O)OC(C)(C)C)c(C(=O)O)c1-c1cccc(Cl)c1. The maximum atomic E-state index is 12.0. The minimum absolute atomic E-state index is 0.0330. The van der Waals surface area contributed by atoms with E-state index in [4.69, 9.17) is 16.3 Å². The lowest BCUT2D eigenvalue weighted by Gasteiger charge is -2.19. The lowest BCUT2D eigenvalue weighted by Crippen LogP contribution is -2.27. The second-order valence-electron chi connectivity index (χ2n) is 6.18. The maximum Gasteiger partial charge on any atom is 0.412 e. The molecule has 128 valence electrons. The number of aryl methyl sites for hydroxylation is 1. The highest BCUT2D eigenvalue weighted by atomic mass is 35.5. The first-order valence-corrected chi connectivity index (χ1v) is 8.40. The van der Waals surface area contributed by atoms with Crippen LogP contribution in [0.2, 0.25) is 5.02 Å². The van der Waals surface area contributed by atoms with Crippen molar-refractivity contribution < 1.29 is 19.4 Å². The van der Waals surface area contributed by atoms with E-state index < -0.39 is 17.7 Å².